The molecule has 37 heavy (non-hydrogen) atoms. The smallest absolute Gasteiger partial charge is 0.0264 e. The van der Waals surface area contributed by atoms with Gasteiger partial charge in [-0.3, -0.25) is 0 Å². The molecule has 1 heterocycles. The highest BCUT2D eigenvalue weighted by Crippen LogP contribution is 2.40. The van der Waals surface area contributed by atoms with E-state index in [-0.39, 0.29) is 0 Å². The van der Waals surface area contributed by atoms with Gasteiger partial charge in [-0.2, -0.15) is 0 Å². The SMILES string of the molecule is CCC/C(C)=C(/c1ccc(CN)cc1)c1cc(C2=C(C3C=CC=C(C)C3C)NC=C(C)C2)ccc1CC. The first-order valence-corrected chi connectivity index (χ1v) is 14.0. The second-order valence-corrected chi connectivity index (χ2v) is 10.8. The van der Waals surface area contributed by atoms with Gasteiger partial charge in [0.25, 0.3) is 0 Å². The fourth-order valence-corrected chi connectivity index (χ4v) is 5.79. The molecule has 0 bridgehead atoms. The summed E-state index contributed by atoms with van der Waals surface area (Å²) in [6.07, 6.45) is 13.3. The molecule has 3 N–H and O–H groups in total. The molecule has 2 aromatic carbocycles. The van der Waals surface area contributed by atoms with E-state index >= 15 is 0 Å². The van der Waals surface area contributed by atoms with E-state index in [4.69, 9.17) is 5.73 Å². The first-order valence-electron chi connectivity index (χ1n) is 14.0. The molecule has 2 nitrogen and oxygen atoms in total. The predicted octanol–water partition coefficient (Wildman–Crippen LogP) is 8.71. The summed E-state index contributed by atoms with van der Waals surface area (Å²) >= 11 is 0. The zero-order valence-electron chi connectivity index (χ0n) is 23.6. The molecule has 4 rings (SSSR count). The van der Waals surface area contributed by atoms with Gasteiger partial charge in [-0.25, -0.2) is 0 Å². The standard InChI is InChI=1S/C35H44N2/c1-7-10-25(5)34(29-15-13-27(21-36)14-16-29)32-20-30(18-17-28(32)8-2)33-19-23(3)22-37-35(33)31-12-9-11-24(4)26(31)6/h9,11-18,20,22,26,31,37H,7-8,10,19,21,36H2,1-6H3/b34-25-. The third-order valence-electron chi connectivity index (χ3n) is 8.16. The van der Waals surface area contributed by atoms with Crippen LogP contribution in [0.2, 0.25) is 0 Å². The van der Waals surface area contributed by atoms with Gasteiger partial charge in [-0.15, -0.1) is 0 Å². The molecule has 1 aliphatic carbocycles. The predicted molar refractivity (Wildman–Crippen MR) is 161 cm³/mol. The van der Waals surface area contributed by atoms with E-state index in [1.165, 1.54) is 61.4 Å². The highest BCUT2D eigenvalue weighted by Gasteiger charge is 2.27. The van der Waals surface area contributed by atoms with Crippen molar-refractivity contribution in [3.05, 3.63) is 117 Å². The second-order valence-electron chi connectivity index (χ2n) is 10.8. The van der Waals surface area contributed by atoms with Crippen LogP contribution in [0.4, 0.5) is 0 Å². The molecule has 2 unspecified atom stereocenters. The summed E-state index contributed by atoms with van der Waals surface area (Å²) in [5, 5.41) is 3.72. The number of dihydropyridines is 1. The molecule has 0 radical (unpaired) electrons. The second kappa shape index (κ2) is 12.0. The molecule has 0 saturated heterocycles. The van der Waals surface area contributed by atoms with Crippen molar-refractivity contribution < 1.29 is 0 Å². The summed E-state index contributed by atoms with van der Waals surface area (Å²) in [6, 6.07) is 16.1. The van der Waals surface area contributed by atoms with Crippen molar-refractivity contribution in [3.8, 4) is 0 Å². The maximum absolute atomic E-state index is 5.91. The fraction of sp³-hybridized carbons (Fsp3) is 0.371. The molecule has 194 valence electrons. The quantitative estimate of drug-likeness (QED) is 0.387. The van der Waals surface area contributed by atoms with Crippen LogP contribution in [-0.4, -0.2) is 0 Å². The van der Waals surface area contributed by atoms with Crippen LogP contribution in [-0.2, 0) is 13.0 Å². The molecule has 2 aromatic rings. The van der Waals surface area contributed by atoms with Gasteiger partial charge in [0.2, 0.25) is 0 Å². The molecular formula is C35H44N2. The van der Waals surface area contributed by atoms with E-state index in [0.717, 1.165) is 25.7 Å². The molecule has 0 saturated carbocycles. The van der Waals surface area contributed by atoms with Crippen molar-refractivity contribution in [2.75, 3.05) is 0 Å². The Morgan fingerprint density at radius 3 is 2.49 bits per heavy atom. The molecule has 0 aromatic heterocycles. The Kier molecular flexibility index (Phi) is 8.71. The fourth-order valence-electron chi connectivity index (χ4n) is 5.79. The number of hydrogen-bond donors (Lipinski definition) is 2. The van der Waals surface area contributed by atoms with Gasteiger partial charge >= 0.3 is 0 Å². The van der Waals surface area contributed by atoms with E-state index in [9.17, 15) is 0 Å². The highest BCUT2D eigenvalue weighted by molar-refractivity contribution is 5.86. The molecule has 0 spiro atoms. The Bertz CT molecular complexity index is 1280. The van der Waals surface area contributed by atoms with Crippen LogP contribution in [0.15, 0.2) is 89.3 Å². The summed E-state index contributed by atoms with van der Waals surface area (Å²) in [4.78, 5) is 0. The molecule has 2 atom stereocenters. The number of rotatable bonds is 8. The van der Waals surface area contributed by atoms with E-state index < -0.39 is 0 Å². The number of nitrogens with one attached hydrogen (secondary N) is 1. The van der Waals surface area contributed by atoms with Crippen LogP contribution in [0.25, 0.3) is 11.1 Å². The summed E-state index contributed by atoms with van der Waals surface area (Å²) in [6.45, 7) is 14.3. The van der Waals surface area contributed by atoms with Gasteiger partial charge in [0.05, 0.1) is 0 Å². The lowest BCUT2D eigenvalue weighted by molar-refractivity contribution is 0.524. The van der Waals surface area contributed by atoms with E-state index in [0.29, 0.717) is 18.4 Å². The molecule has 0 amide bonds. The molecule has 1 aliphatic heterocycles. The molecule has 2 aliphatic rings. The van der Waals surface area contributed by atoms with Gasteiger partial charge < -0.3 is 11.1 Å². The van der Waals surface area contributed by atoms with Crippen LogP contribution in [0.5, 0.6) is 0 Å². The monoisotopic (exact) mass is 492 g/mol. The van der Waals surface area contributed by atoms with Crippen LogP contribution < -0.4 is 11.1 Å². The van der Waals surface area contributed by atoms with Crippen molar-refractivity contribution in [2.45, 2.75) is 73.8 Å². The molecule has 2 heteroatoms. The lowest BCUT2D eigenvalue weighted by Crippen LogP contribution is -2.26. The maximum Gasteiger partial charge on any atom is 0.0264 e. The zero-order chi connectivity index (χ0) is 26.5. The Morgan fingerprint density at radius 2 is 1.81 bits per heavy atom. The largest absolute Gasteiger partial charge is 0.364 e. The van der Waals surface area contributed by atoms with Gasteiger partial charge in [-0.05, 0) is 97.2 Å². The van der Waals surface area contributed by atoms with E-state index in [2.05, 4.69) is 114 Å². The third-order valence-corrected chi connectivity index (χ3v) is 8.16. The number of aryl methyl sites for hydroxylation is 1. The minimum atomic E-state index is 0.360. The number of nitrogens with two attached hydrogens (primary N) is 1. The van der Waals surface area contributed by atoms with Crippen molar-refractivity contribution in [1.29, 1.82) is 0 Å². The number of allylic oxidation sites excluding steroid dienone is 7. The van der Waals surface area contributed by atoms with Crippen LogP contribution >= 0.6 is 0 Å². The van der Waals surface area contributed by atoms with Gasteiger partial charge in [0.1, 0.15) is 0 Å². The van der Waals surface area contributed by atoms with Gasteiger partial charge in [0, 0.05) is 18.2 Å². The summed E-state index contributed by atoms with van der Waals surface area (Å²) in [7, 11) is 0. The zero-order valence-corrected chi connectivity index (χ0v) is 23.6. The lowest BCUT2D eigenvalue weighted by atomic mass is 9.78. The van der Waals surface area contributed by atoms with Gasteiger partial charge in [-0.1, -0.05) is 98.5 Å². The minimum Gasteiger partial charge on any atom is -0.364 e. The normalized spacial score (nSPS) is 20.3. The van der Waals surface area contributed by atoms with Crippen LogP contribution in [0.3, 0.4) is 0 Å². The average molecular weight is 493 g/mol. The van der Waals surface area contributed by atoms with E-state index in [1.54, 1.807) is 0 Å². The van der Waals surface area contributed by atoms with Crippen molar-refractivity contribution in [1.82, 2.24) is 5.32 Å². The number of hydrogen-bond acceptors (Lipinski definition) is 2. The minimum absolute atomic E-state index is 0.360. The average Bonchev–Trinajstić information content (AvgIpc) is 2.91. The van der Waals surface area contributed by atoms with Crippen LogP contribution in [0, 0.1) is 11.8 Å². The van der Waals surface area contributed by atoms with Crippen LogP contribution in [0.1, 0.15) is 88.6 Å². The summed E-state index contributed by atoms with van der Waals surface area (Å²) < 4.78 is 0. The Morgan fingerprint density at radius 1 is 1.05 bits per heavy atom. The summed E-state index contributed by atoms with van der Waals surface area (Å²) in [5.41, 5.74) is 20.9. The Labute approximate surface area is 224 Å². The molecular weight excluding hydrogens is 448 g/mol. The first kappa shape index (κ1) is 26.9. The maximum atomic E-state index is 5.91. The third kappa shape index (κ3) is 5.75. The Hall–Kier alpha value is -3.10. The summed E-state index contributed by atoms with van der Waals surface area (Å²) in [5.74, 6) is 0.839. The lowest BCUT2D eigenvalue weighted by Gasteiger charge is -2.32. The first-order chi connectivity index (χ1) is 17.9. The van der Waals surface area contributed by atoms with E-state index in [1.807, 2.05) is 0 Å². The van der Waals surface area contributed by atoms with Crippen molar-refractivity contribution in [2.24, 2.45) is 17.6 Å². The number of benzene rings is 2. The Balaban J connectivity index is 1.89. The van der Waals surface area contributed by atoms with Crippen molar-refractivity contribution >= 4 is 11.1 Å². The van der Waals surface area contributed by atoms with Gasteiger partial charge in [0.15, 0.2) is 0 Å². The topological polar surface area (TPSA) is 38.0 Å². The highest BCUT2D eigenvalue weighted by atomic mass is 14.9. The molecule has 0 fully saturated rings. The van der Waals surface area contributed by atoms with Crippen molar-refractivity contribution in [3.63, 3.8) is 0 Å².